The van der Waals surface area contributed by atoms with Gasteiger partial charge in [-0.3, -0.25) is 0 Å². The van der Waals surface area contributed by atoms with Crippen LogP contribution in [0.15, 0.2) is 133 Å². The fraction of sp³-hybridized carbons (Fsp3) is 0.333. The molecule has 0 aliphatic rings. The summed E-state index contributed by atoms with van der Waals surface area (Å²) in [5.74, 6) is 1.68. The van der Waals surface area contributed by atoms with E-state index >= 15 is 0 Å². The van der Waals surface area contributed by atoms with Crippen molar-refractivity contribution in [2.75, 3.05) is 14.2 Å². The van der Waals surface area contributed by atoms with Gasteiger partial charge >= 0.3 is 35.3 Å². The second-order valence-electron chi connectivity index (χ2n) is 19.6. The Morgan fingerprint density at radius 2 is 0.574 bits per heavy atom. The molecule has 0 spiro atoms. The zero-order valence-electron chi connectivity index (χ0n) is 38.5. The van der Waals surface area contributed by atoms with Gasteiger partial charge in [-0.15, -0.1) is 0 Å². The molecule has 0 amide bonds. The summed E-state index contributed by atoms with van der Waals surface area (Å²) < 4.78 is 12.8. The molecule has 6 aromatic carbocycles. The zero-order valence-corrected chi connectivity index (χ0v) is 44.1. The summed E-state index contributed by atoms with van der Waals surface area (Å²) in [7, 11) is 11.3. The third-order valence-electron chi connectivity index (χ3n) is 11.1. The molecule has 0 saturated carbocycles. The van der Waals surface area contributed by atoms with Crippen LogP contribution in [0.1, 0.15) is 105 Å². The van der Waals surface area contributed by atoms with Gasteiger partial charge in [0, 0.05) is 11.1 Å². The number of methoxy groups -OCH3 is 2. The fourth-order valence-electron chi connectivity index (χ4n) is 7.55. The molecule has 0 unspecified atom stereocenters. The van der Waals surface area contributed by atoms with E-state index in [0.29, 0.717) is 0 Å². The van der Waals surface area contributed by atoms with Crippen LogP contribution < -0.4 is 41.3 Å². The molecule has 6 aromatic rings. The molecule has 0 aliphatic heterocycles. The molecule has 0 radical (unpaired) electrons. The van der Waals surface area contributed by atoms with Crippen LogP contribution in [-0.4, -0.2) is 14.2 Å². The molecule has 0 bridgehead atoms. The van der Waals surface area contributed by atoms with Crippen LogP contribution in [0.25, 0.3) is 11.1 Å². The molecule has 0 aromatic heterocycles. The predicted molar refractivity (Wildman–Crippen MR) is 269 cm³/mol. The summed E-state index contributed by atoms with van der Waals surface area (Å²) in [5.41, 5.74) is 7.70. The van der Waals surface area contributed by atoms with Gasteiger partial charge in [-0.05, 0) is 104 Å². The molecule has 0 N–H and O–H groups in total. The molecule has 2 nitrogen and oxygen atoms in total. The Balaban J connectivity index is 0.00000228. The summed E-state index contributed by atoms with van der Waals surface area (Å²) in [5, 5.41) is 7.69. The van der Waals surface area contributed by atoms with E-state index in [1.54, 1.807) is 14.2 Å². The van der Waals surface area contributed by atoms with Crippen LogP contribution in [0.3, 0.4) is 0 Å². The summed E-state index contributed by atoms with van der Waals surface area (Å²) in [4.78, 5) is 0. The first kappa shape index (κ1) is 49.1. The second kappa shape index (κ2) is 20.3. The maximum atomic E-state index is 6.40. The van der Waals surface area contributed by atoms with Crippen molar-refractivity contribution in [2.45, 2.75) is 105 Å². The molecular weight excluding hydrogens is 1010 g/mol. The Bertz CT molecular complexity index is 2060. The Morgan fingerprint density at radius 3 is 0.754 bits per heavy atom. The number of rotatable bonds is 9. The molecule has 326 valence electrons. The average molecular weight is 1070 g/mol. The monoisotopic (exact) mass is 1070 g/mol. The van der Waals surface area contributed by atoms with E-state index < -0.39 is 32.3 Å². The van der Waals surface area contributed by atoms with Gasteiger partial charge in [0.1, 0.15) is 11.5 Å². The van der Waals surface area contributed by atoms with Crippen molar-refractivity contribution in [3.05, 3.63) is 156 Å². The number of ether oxygens (including phenoxy) is 2. The van der Waals surface area contributed by atoms with Gasteiger partial charge in [0.25, 0.3) is 0 Å². The number of benzene rings is 6. The van der Waals surface area contributed by atoms with Crippen molar-refractivity contribution in [1.82, 2.24) is 0 Å². The van der Waals surface area contributed by atoms with Crippen molar-refractivity contribution >= 4 is 66.5 Å². The van der Waals surface area contributed by atoms with Crippen LogP contribution in [0.4, 0.5) is 0 Å². The molecule has 6 rings (SSSR count). The molecule has 0 heterocycles. The molecule has 0 aliphatic carbocycles. The number of hydrogen-bond donors (Lipinski definition) is 0. The Morgan fingerprint density at radius 1 is 0.361 bits per heavy atom. The van der Waals surface area contributed by atoms with Gasteiger partial charge in [-0.25, -0.2) is 0 Å². The second-order valence-corrected chi connectivity index (χ2v) is 27.3. The first-order valence-electron chi connectivity index (χ1n) is 20.8. The number of hydrogen-bond acceptors (Lipinski definition) is 2. The van der Waals surface area contributed by atoms with Crippen molar-refractivity contribution in [1.29, 1.82) is 0 Å². The van der Waals surface area contributed by atoms with E-state index in [2.05, 4.69) is 217 Å². The normalized spacial score (nSPS) is 12.4. The van der Waals surface area contributed by atoms with Crippen molar-refractivity contribution in [2.24, 2.45) is 0 Å². The molecule has 61 heavy (non-hydrogen) atoms. The van der Waals surface area contributed by atoms with Crippen LogP contribution in [0, 0.1) is 0 Å². The van der Waals surface area contributed by atoms with Gasteiger partial charge < -0.3 is 9.47 Å². The van der Waals surface area contributed by atoms with E-state index in [0.717, 1.165) is 22.6 Å². The summed E-state index contributed by atoms with van der Waals surface area (Å²) in [6.07, 6.45) is 0. The van der Waals surface area contributed by atoms with Gasteiger partial charge in [0.2, 0.25) is 0 Å². The van der Waals surface area contributed by atoms with Gasteiger partial charge in [0.05, 0.1) is 14.2 Å². The Labute approximate surface area is 387 Å². The minimum absolute atomic E-state index is 0.0520. The van der Waals surface area contributed by atoms with Crippen molar-refractivity contribution in [3.8, 4) is 22.6 Å². The summed E-state index contributed by atoms with van der Waals surface area (Å²) in [6.45, 7) is 27.4. The van der Waals surface area contributed by atoms with E-state index in [-0.39, 0.29) is 21.7 Å². The molecule has 0 saturated heterocycles. The van der Waals surface area contributed by atoms with Crippen LogP contribution in [0.5, 0.6) is 11.5 Å². The first-order chi connectivity index (χ1) is 28.6. The summed E-state index contributed by atoms with van der Waals surface area (Å²) >= 11 is -0.472. The SMILES string of the molecule is COc1cccc(P(c2ccc(C(C)(C)C)cc2)c2ccc(C(C)(C)C)cc2)c1-c1c(OC)cccc1P(c1ccc(C(C)(C)C)cc1)c1ccc(C(C)(C)C)cc1.[Cl][Pt][Cl]. The third kappa shape index (κ3) is 11.8. The van der Waals surface area contributed by atoms with Crippen LogP contribution in [-0.2, 0) is 38.1 Å². The van der Waals surface area contributed by atoms with E-state index in [1.807, 2.05) is 0 Å². The topological polar surface area (TPSA) is 18.5 Å². The molecule has 7 heteroatoms. The number of halogens is 2. The average Bonchev–Trinajstić information content (AvgIpc) is 3.21. The predicted octanol–water partition coefficient (Wildman–Crippen LogP) is 13.5. The van der Waals surface area contributed by atoms with Crippen LogP contribution in [0.2, 0.25) is 0 Å². The Kier molecular flexibility index (Phi) is 16.3. The maximum absolute atomic E-state index is 6.40. The standard InChI is InChI=1S/C54H64O2P2.2ClH.Pt/c1-51(2,3)37-21-29-41(30-22-37)57(42-31-23-38(24-32-42)52(4,5)6)47-19-15-17-45(55-13)49(47)50-46(56-14)18-16-20-48(50)58(43-33-25-39(26-34-43)53(7,8)9)44-35-27-40(28-36-44)54(10,11)12;;;/h15-36H,1-14H3;2*1H;/q;;;+2/p-2. The van der Waals surface area contributed by atoms with E-state index in [4.69, 9.17) is 28.3 Å². The zero-order chi connectivity index (χ0) is 44.9. The van der Waals surface area contributed by atoms with Crippen molar-refractivity contribution in [3.63, 3.8) is 0 Å². The minimum atomic E-state index is -1.03. The molecule has 0 atom stereocenters. The van der Waals surface area contributed by atoms with Gasteiger partial charge in [-0.1, -0.05) is 204 Å². The van der Waals surface area contributed by atoms with Crippen LogP contribution >= 0.6 is 34.7 Å². The summed E-state index contributed by atoms with van der Waals surface area (Å²) in [6, 6.07) is 50.7. The van der Waals surface area contributed by atoms with Crippen molar-refractivity contribution < 1.29 is 26.0 Å². The molecular formula is C54H64Cl2O2P2Pt. The third-order valence-corrected chi connectivity index (χ3v) is 16.1. The van der Waals surface area contributed by atoms with E-state index in [1.165, 1.54) is 54.1 Å². The first-order valence-corrected chi connectivity index (χ1v) is 29.1. The van der Waals surface area contributed by atoms with E-state index in [9.17, 15) is 0 Å². The van der Waals surface area contributed by atoms with Gasteiger partial charge in [-0.2, -0.15) is 0 Å². The fourth-order valence-corrected chi connectivity index (χ4v) is 12.4. The molecule has 0 fully saturated rings. The van der Waals surface area contributed by atoms with Gasteiger partial charge in [0.15, 0.2) is 0 Å². The Hall–Kier alpha value is -2.95. The quantitative estimate of drug-likeness (QED) is 0.134.